The van der Waals surface area contributed by atoms with Crippen LogP contribution >= 0.6 is 15.9 Å². The van der Waals surface area contributed by atoms with Gasteiger partial charge in [-0.1, -0.05) is 15.9 Å². The summed E-state index contributed by atoms with van der Waals surface area (Å²) in [5, 5.41) is 0. The number of halogens is 1. The fourth-order valence-electron chi connectivity index (χ4n) is 1.52. The SMILES string of the molecule is Cc1cc(Br)cc2c1OC(C)C2=O. The average Bonchev–Trinajstić information content (AvgIpc) is 2.32. The largest absolute Gasteiger partial charge is 0.482 e. The molecule has 2 nitrogen and oxygen atoms in total. The van der Waals surface area contributed by atoms with Crippen molar-refractivity contribution in [3.63, 3.8) is 0 Å². The zero-order valence-electron chi connectivity index (χ0n) is 7.43. The lowest BCUT2D eigenvalue weighted by Crippen LogP contribution is -2.14. The van der Waals surface area contributed by atoms with Crippen molar-refractivity contribution in [2.24, 2.45) is 0 Å². The van der Waals surface area contributed by atoms with E-state index in [9.17, 15) is 4.79 Å². The third-order valence-electron chi connectivity index (χ3n) is 2.17. The Hall–Kier alpha value is -0.830. The first-order valence-corrected chi connectivity index (χ1v) is 4.90. The number of carbonyl (C=O) groups is 1. The first-order valence-electron chi connectivity index (χ1n) is 4.10. The number of benzene rings is 1. The topological polar surface area (TPSA) is 26.3 Å². The number of fused-ring (bicyclic) bond motifs is 1. The van der Waals surface area contributed by atoms with E-state index in [1.807, 2.05) is 19.1 Å². The van der Waals surface area contributed by atoms with E-state index in [1.165, 1.54) is 0 Å². The van der Waals surface area contributed by atoms with Crippen LogP contribution in [0.25, 0.3) is 0 Å². The highest BCUT2D eigenvalue weighted by Crippen LogP contribution is 2.34. The van der Waals surface area contributed by atoms with Crippen LogP contribution in [0.4, 0.5) is 0 Å². The second kappa shape index (κ2) is 2.84. The standard InChI is InChI=1S/C10H9BrO2/c1-5-3-7(11)4-8-9(12)6(2)13-10(5)8/h3-4,6H,1-2H3. The van der Waals surface area contributed by atoms with Crippen molar-refractivity contribution in [1.29, 1.82) is 0 Å². The molecule has 1 aromatic carbocycles. The van der Waals surface area contributed by atoms with Gasteiger partial charge in [0.05, 0.1) is 5.56 Å². The van der Waals surface area contributed by atoms with Crippen LogP contribution in [-0.2, 0) is 0 Å². The molecule has 0 radical (unpaired) electrons. The number of hydrogen-bond acceptors (Lipinski definition) is 2. The van der Waals surface area contributed by atoms with E-state index >= 15 is 0 Å². The molecule has 1 aromatic rings. The molecule has 0 N–H and O–H groups in total. The van der Waals surface area contributed by atoms with Gasteiger partial charge in [-0.3, -0.25) is 4.79 Å². The lowest BCUT2D eigenvalue weighted by molar-refractivity contribution is 0.0878. The molecule has 0 amide bonds. The molecular formula is C10H9BrO2. The van der Waals surface area contributed by atoms with Crippen molar-refractivity contribution in [3.8, 4) is 5.75 Å². The second-order valence-corrected chi connectivity index (χ2v) is 4.14. The van der Waals surface area contributed by atoms with Crippen molar-refractivity contribution in [2.75, 3.05) is 0 Å². The normalized spacial score (nSPS) is 19.9. The van der Waals surface area contributed by atoms with E-state index in [4.69, 9.17) is 4.74 Å². The van der Waals surface area contributed by atoms with E-state index in [0.29, 0.717) is 5.56 Å². The molecule has 0 bridgehead atoms. The first kappa shape index (κ1) is 8.75. The van der Waals surface area contributed by atoms with Gasteiger partial charge in [0.25, 0.3) is 0 Å². The molecule has 1 unspecified atom stereocenters. The van der Waals surface area contributed by atoms with Gasteiger partial charge < -0.3 is 4.74 Å². The van der Waals surface area contributed by atoms with Gasteiger partial charge in [-0.05, 0) is 31.5 Å². The third kappa shape index (κ3) is 1.27. The summed E-state index contributed by atoms with van der Waals surface area (Å²) < 4.78 is 6.36. The molecule has 2 rings (SSSR count). The van der Waals surface area contributed by atoms with E-state index in [-0.39, 0.29) is 11.9 Å². The number of ether oxygens (including phenoxy) is 1. The quantitative estimate of drug-likeness (QED) is 0.698. The Balaban J connectivity index is 2.64. The maximum absolute atomic E-state index is 11.6. The molecule has 0 aromatic heterocycles. The molecule has 0 aliphatic carbocycles. The molecule has 0 saturated carbocycles. The monoisotopic (exact) mass is 240 g/mol. The first-order chi connectivity index (χ1) is 6.09. The van der Waals surface area contributed by atoms with Crippen molar-refractivity contribution < 1.29 is 9.53 Å². The summed E-state index contributed by atoms with van der Waals surface area (Å²) in [5.41, 5.74) is 1.70. The van der Waals surface area contributed by atoms with Gasteiger partial charge in [0, 0.05) is 4.47 Å². The van der Waals surface area contributed by atoms with Crippen molar-refractivity contribution in [1.82, 2.24) is 0 Å². The number of rotatable bonds is 0. The predicted molar refractivity (Wildman–Crippen MR) is 53.3 cm³/mol. The molecule has 1 heterocycles. The van der Waals surface area contributed by atoms with Gasteiger partial charge in [-0.25, -0.2) is 0 Å². The highest BCUT2D eigenvalue weighted by Gasteiger charge is 2.30. The highest BCUT2D eigenvalue weighted by atomic mass is 79.9. The molecule has 0 fully saturated rings. The van der Waals surface area contributed by atoms with Gasteiger partial charge in [-0.2, -0.15) is 0 Å². The minimum absolute atomic E-state index is 0.0689. The summed E-state index contributed by atoms with van der Waals surface area (Å²) >= 11 is 3.36. The van der Waals surface area contributed by atoms with Crippen LogP contribution in [0.1, 0.15) is 22.8 Å². The zero-order chi connectivity index (χ0) is 9.59. The Bertz CT molecular complexity index is 385. The van der Waals surface area contributed by atoms with Crippen LogP contribution in [0.2, 0.25) is 0 Å². The predicted octanol–water partition coefficient (Wildman–Crippen LogP) is 2.72. The Morgan fingerprint density at radius 1 is 1.46 bits per heavy atom. The van der Waals surface area contributed by atoms with Gasteiger partial charge >= 0.3 is 0 Å². The summed E-state index contributed by atoms with van der Waals surface area (Å²) in [6.07, 6.45) is -0.331. The summed E-state index contributed by atoms with van der Waals surface area (Å²) in [4.78, 5) is 11.6. The molecule has 13 heavy (non-hydrogen) atoms. The summed E-state index contributed by atoms with van der Waals surface area (Å²) in [5.74, 6) is 0.806. The number of aryl methyl sites for hydroxylation is 1. The highest BCUT2D eigenvalue weighted by molar-refractivity contribution is 9.10. The maximum atomic E-state index is 11.6. The molecule has 0 spiro atoms. The Kier molecular flexibility index (Phi) is 1.91. The van der Waals surface area contributed by atoms with Gasteiger partial charge in [0.1, 0.15) is 5.75 Å². The van der Waals surface area contributed by atoms with Crippen molar-refractivity contribution in [3.05, 3.63) is 27.7 Å². The molecule has 1 aliphatic rings. The molecule has 3 heteroatoms. The Morgan fingerprint density at radius 3 is 2.85 bits per heavy atom. The number of hydrogen-bond donors (Lipinski definition) is 0. The van der Waals surface area contributed by atoms with Crippen LogP contribution < -0.4 is 4.74 Å². The van der Waals surface area contributed by atoms with Crippen molar-refractivity contribution >= 4 is 21.7 Å². The molecule has 1 atom stereocenters. The lowest BCUT2D eigenvalue weighted by Gasteiger charge is -2.04. The fourth-order valence-corrected chi connectivity index (χ4v) is 2.09. The second-order valence-electron chi connectivity index (χ2n) is 3.22. The molecular weight excluding hydrogens is 232 g/mol. The summed E-state index contributed by atoms with van der Waals surface area (Å²) in [6, 6.07) is 3.76. The van der Waals surface area contributed by atoms with E-state index in [1.54, 1.807) is 6.92 Å². The average molecular weight is 241 g/mol. The number of carbonyl (C=O) groups excluding carboxylic acids is 1. The molecule has 68 valence electrons. The summed E-state index contributed by atoms with van der Waals surface area (Å²) in [6.45, 7) is 3.71. The van der Waals surface area contributed by atoms with Crippen LogP contribution in [0, 0.1) is 6.92 Å². The van der Waals surface area contributed by atoms with Gasteiger partial charge in [-0.15, -0.1) is 0 Å². The van der Waals surface area contributed by atoms with E-state index < -0.39 is 0 Å². The van der Waals surface area contributed by atoms with Crippen molar-refractivity contribution in [2.45, 2.75) is 20.0 Å². The van der Waals surface area contributed by atoms with Crippen LogP contribution in [0.3, 0.4) is 0 Å². The fraction of sp³-hybridized carbons (Fsp3) is 0.300. The van der Waals surface area contributed by atoms with Crippen LogP contribution in [0.5, 0.6) is 5.75 Å². The van der Waals surface area contributed by atoms with Gasteiger partial charge in [0.2, 0.25) is 5.78 Å². The molecule has 1 aliphatic heterocycles. The maximum Gasteiger partial charge on any atom is 0.206 e. The third-order valence-corrected chi connectivity index (χ3v) is 2.63. The van der Waals surface area contributed by atoms with Crippen LogP contribution in [0.15, 0.2) is 16.6 Å². The zero-order valence-corrected chi connectivity index (χ0v) is 9.01. The smallest absolute Gasteiger partial charge is 0.206 e. The number of Topliss-reactive ketones (excluding diaryl/α,β-unsaturated/α-hetero) is 1. The Labute approximate surface area is 85.0 Å². The lowest BCUT2D eigenvalue weighted by atomic mass is 10.1. The molecule has 0 saturated heterocycles. The van der Waals surface area contributed by atoms with E-state index in [0.717, 1.165) is 15.8 Å². The van der Waals surface area contributed by atoms with E-state index in [2.05, 4.69) is 15.9 Å². The summed E-state index contributed by atoms with van der Waals surface area (Å²) in [7, 11) is 0. The Morgan fingerprint density at radius 2 is 2.15 bits per heavy atom. The number of ketones is 1. The van der Waals surface area contributed by atoms with Crippen LogP contribution in [-0.4, -0.2) is 11.9 Å². The van der Waals surface area contributed by atoms with Gasteiger partial charge in [0.15, 0.2) is 6.10 Å². The minimum atomic E-state index is -0.331. The minimum Gasteiger partial charge on any atom is -0.482 e.